The summed E-state index contributed by atoms with van der Waals surface area (Å²) in [6.07, 6.45) is 1.85. The fourth-order valence-electron chi connectivity index (χ4n) is 2.93. The van der Waals surface area contributed by atoms with Crippen molar-refractivity contribution in [2.45, 2.75) is 13.1 Å². The first-order valence-electron chi connectivity index (χ1n) is 9.04. The predicted molar refractivity (Wildman–Crippen MR) is 113 cm³/mol. The molecule has 3 rings (SSSR count). The van der Waals surface area contributed by atoms with Gasteiger partial charge in [0.2, 0.25) is 5.75 Å². The lowest BCUT2D eigenvalue weighted by Crippen LogP contribution is -2.26. The van der Waals surface area contributed by atoms with Crippen LogP contribution >= 0.6 is 11.3 Å². The number of hydrogen-bond donors (Lipinski definition) is 1. The molecule has 0 spiro atoms. The number of aromatic nitrogens is 3. The molecular formula is C20H23FN4O4S. The molecule has 2 N–H and O–H groups in total. The van der Waals surface area contributed by atoms with Crippen LogP contribution in [0.4, 0.5) is 4.39 Å². The summed E-state index contributed by atoms with van der Waals surface area (Å²) >= 11 is 1.53. The fraction of sp³-hybridized carbons (Fsp3) is 0.300. The molecule has 8 nitrogen and oxygen atoms in total. The van der Waals surface area contributed by atoms with E-state index in [0.717, 1.165) is 15.3 Å². The first-order chi connectivity index (χ1) is 14.5. The summed E-state index contributed by atoms with van der Waals surface area (Å²) in [7, 11) is 4.69. The van der Waals surface area contributed by atoms with Gasteiger partial charge in [0.25, 0.3) is 0 Å². The number of nitrogens with zero attached hydrogens (tertiary/aromatic N) is 3. The van der Waals surface area contributed by atoms with Gasteiger partial charge in [0.05, 0.1) is 40.7 Å². The quantitative estimate of drug-likeness (QED) is 0.557. The summed E-state index contributed by atoms with van der Waals surface area (Å²) in [4.78, 5) is 14.4. The molecule has 0 amide bonds. The van der Waals surface area contributed by atoms with Gasteiger partial charge in [-0.05, 0) is 35.4 Å². The number of thiophene rings is 1. The van der Waals surface area contributed by atoms with E-state index in [1.54, 1.807) is 21.3 Å². The minimum atomic E-state index is -0.328. The van der Waals surface area contributed by atoms with Gasteiger partial charge in [-0.25, -0.2) is 13.9 Å². The summed E-state index contributed by atoms with van der Waals surface area (Å²) in [5, 5.41) is 4.04. The summed E-state index contributed by atoms with van der Waals surface area (Å²) < 4.78 is 31.6. The van der Waals surface area contributed by atoms with E-state index in [2.05, 4.69) is 5.10 Å². The molecule has 0 bridgehead atoms. The van der Waals surface area contributed by atoms with Crippen LogP contribution in [0.5, 0.6) is 17.2 Å². The van der Waals surface area contributed by atoms with Gasteiger partial charge in [-0.15, -0.1) is 11.3 Å². The average Bonchev–Trinajstić information content (AvgIpc) is 3.38. The Morgan fingerprint density at radius 1 is 1.20 bits per heavy atom. The molecule has 0 aliphatic rings. The lowest BCUT2D eigenvalue weighted by molar-refractivity contribution is 0.324. The lowest BCUT2D eigenvalue weighted by atomic mass is 10.1. The molecule has 0 aliphatic heterocycles. The van der Waals surface area contributed by atoms with Gasteiger partial charge >= 0.3 is 5.69 Å². The van der Waals surface area contributed by atoms with Crippen LogP contribution in [0.3, 0.4) is 0 Å². The zero-order chi connectivity index (χ0) is 21.7. The van der Waals surface area contributed by atoms with E-state index < -0.39 is 0 Å². The molecule has 30 heavy (non-hydrogen) atoms. The smallest absolute Gasteiger partial charge is 0.346 e. The second-order valence-corrected chi connectivity index (χ2v) is 7.52. The van der Waals surface area contributed by atoms with Crippen LogP contribution in [0, 0.1) is 0 Å². The molecule has 0 fully saturated rings. The van der Waals surface area contributed by atoms with Crippen LogP contribution in [0.25, 0.3) is 10.4 Å². The van der Waals surface area contributed by atoms with Gasteiger partial charge in [-0.1, -0.05) is 0 Å². The minimum Gasteiger partial charge on any atom is -0.493 e. The molecule has 0 saturated carbocycles. The molecule has 1 aromatic carbocycles. The number of hydrogen-bond acceptors (Lipinski definition) is 7. The Morgan fingerprint density at radius 2 is 1.90 bits per heavy atom. The van der Waals surface area contributed by atoms with Crippen molar-refractivity contribution in [3.8, 4) is 27.7 Å². The third kappa shape index (κ3) is 4.39. The monoisotopic (exact) mass is 434 g/mol. The summed E-state index contributed by atoms with van der Waals surface area (Å²) in [5.74, 6) is 1.66. The van der Waals surface area contributed by atoms with Crippen molar-refractivity contribution < 1.29 is 18.6 Å². The Kier molecular flexibility index (Phi) is 6.91. The van der Waals surface area contributed by atoms with Crippen LogP contribution in [0.1, 0.15) is 4.88 Å². The van der Waals surface area contributed by atoms with Gasteiger partial charge < -0.3 is 19.9 Å². The first kappa shape index (κ1) is 21.6. The number of methoxy groups -OCH3 is 3. The molecule has 0 atom stereocenters. The highest BCUT2D eigenvalue weighted by molar-refractivity contribution is 7.15. The summed E-state index contributed by atoms with van der Waals surface area (Å²) in [6.45, 7) is 0.407. The highest BCUT2D eigenvalue weighted by Gasteiger charge is 2.15. The minimum absolute atomic E-state index is 0.0267. The molecule has 3 aromatic rings. The Labute approximate surface area is 176 Å². The standard InChI is InChI=1S/C20H23FN4O4S/c1-27-16-6-14(7-17(28-2)19(16)29-3)18-5-4-15(30-18)11-24-12-23-25(20(24)26)10-13(8-21)9-22/h4-8,12H,9-11,22H2,1-3H3/b13-8+. The molecular weight excluding hydrogens is 411 g/mol. The molecule has 2 heterocycles. The van der Waals surface area contributed by atoms with Crippen molar-refractivity contribution in [1.29, 1.82) is 0 Å². The topological polar surface area (TPSA) is 93.5 Å². The van der Waals surface area contributed by atoms with Crippen LogP contribution in [0.2, 0.25) is 0 Å². The molecule has 160 valence electrons. The predicted octanol–water partition coefficient (Wildman–Crippen LogP) is 2.66. The van der Waals surface area contributed by atoms with E-state index in [1.165, 1.54) is 26.9 Å². The van der Waals surface area contributed by atoms with E-state index in [1.807, 2.05) is 24.3 Å². The Bertz CT molecular complexity index is 1080. The normalized spacial score (nSPS) is 11.6. The van der Waals surface area contributed by atoms with Gasteiger partial charge in [0, 0.05) is 16.3 Å². The number of nitrogens with two attached hydrogens (primary N) is 1. The van der Waals surface area contributed by atoms with Crippen molar-refractivity contribution in [3.05, 3.63) is 57.9 Å². The van der Waals surface area contributed by atoms with E-state index in [9.17, 15) is 9.18 Å². The van der Waals surface area contributed by atoms with Crippen molar-refractivity contribution in [2.75, 3.05) is 27.9 Å². The Morgan fingerprint density at radius 3 is 2.47 bits per heavy atom. The van der Waals surface area contributed by atoms with Gasteiger partial charge in [0.15, 0.2) is 11.5 Å². The second kappa shape index (κ2) is 9.59. The van der Waals surface area contributed by atoms with E-state index >= 15 is 0 Å². The molecule has 0 saturated heterocycles. The van der Waals surface area contributed by atoms with Gasteiger partial charge in [-0.2, -0.15) is 5.10 Å². The van der Waals surface area contributed by atoms with Crippen molar-refractivity contribution in [1.82, 2.24) is 14.3 Å². The largest absolute Gasteiger partial charge is 0.493 e. The van der Waals surface area contributed by atoms with E-state index in [-0.39, 0.29) is 18.8 Å². The fourth-order valence-corrected chi connectivity index (χ4v) is 3.93. The van der Waals surface area contributed by atoms with E-state index in [4.69, 9.17) is 19.9 Å². The van der Waals surface area contributed by atoms with Crippen molar-refractivity contribution in [3.63, 3.8) is 0 Å². The van der Waals surface area contributed by atoms with Crippen molar-refractivity contribution >= 4 is 11.3 Å². The molecule has 0 aliphatic carbocycles. The summed E-state index contributed by atoms with van der Waals surface area (Å²) in [5.41, 5.74) is 6.32. The maximum Gasteiger partial charge on any atom is 0.346 e. The van der Waals surface area contributed by atoms with Gasteiger partial charge in [0.1, 0.15) is 6.33 Å². The van der Waals surface area contributed by atoms with Crippen LogP contribution in [0.15, 0.2) is 47.3 Å². The van der Waals surface area contributed by atoms with Gasteiger partial charge in [-0.3, -0.25) is 4.57 Å². The van der Waals surface area contributed by atoms with Crippen LogP contribution in [-0.2, 0) is 13.1 Å². The Hall–Kier alpha value is -3.11. The van der Waals surface area contributed by atoms with E-state index in [0.29, 0.717) is 35.7 Å². The third-order valence-corrected chi connectivity index (χ3v) is 5.62. The highest BCUT2D eigenvalue weighted by Crippen LogP contribution is 2.42. The number of benzene rings is 1. The molecule has 0 radical (unpaired) electrons. The Balaban J connectivity index is 1.85. The SMILES string of the molecule is COc1cc(-c2ccc(Cn3cnn(C/C(=C/F)CN)c3=O)s2)cc(OC)c1OC. The summed E-state index contributed by atoms with van der Waals surface area (Å²) in [6, 6.07) is 7.66. The zero-order valence-corrected chi connectivity index (χ0v) is 17.7. The number of ether oxygens (including phenoxy) is 3. The maximum absolute atomic E-state index is 12.7. The highest BCUT2D eigenvalue weighted by atomic mass is 32.1. The number of rotatable bonds is 9. The van der Waals surface area contributed by atoms with Crippen LogP contribution in [-0.4, -0.2) is 42.2 Å². The maximum atomic E-state index is 12.7. The first-order valence-corrected chi connectivity index (χ1v) is 9.85. The average molecular weight is 434 g/mol. The van der Waals surface area contributed by atoms with Crippen molar-refractivity contribution in [2.24, 2.45) is 5.73 Å². The molecule has 2 aromatic heterocycles. The third-order valence-electron chi connectivity index (χ3n) is 4.50. The molecule has 10 heteroatoms. The number of halogens is 1. The zero-order valence-electron chi connectivity index (χ0n) is 16.9. The lowest BCUT2D eigenvalue weighted by Gasteiger charge is -2.13. The second-order valence-electron chi connectivity index (χ2n) is 6.35. The van der Waals surface area contributed by atoms with Crippen LogP contribution < -0.4 is 25.6 Å². The molecule has 0 unspecified atom stereocenters.